The third-order valence-corrected chi connectivity index (χ3v) is 4.14. The first-order valence-electron chi connectivity index (χ1n) is 7.10. The fraction of sp³-hybridized carbons (Fsp3) is 0.562. The molecule has 4 nitrogen and oxygen atoms in total. The summed E-state index contributed by atoms with van der Waals surface area (Å²) in [6.07, 6.45) is 0.674. The highest BCUT2D eigenvalue weighted by atomic mass is 16.5. The van der Waals surface area contributed by atoms with Crippen molar-refractivity contribution in [2.24, 2.45) is 0 Å². The number of hydrogen-bond donors (Lipinski definition) is 0. The van der Waals surface area contributed by atoms with Crippen molar-refractivity contribution in [3.8, 4) is 11.8 Å². The molecule has 0 spiro atoms. The van der Waals surface area contributed by atoms with Crippen molar-refractivity contribution in [3.05, 3.63) is 29.8 Å². The average Bonchev–Trinajstić information content (AvgIpc) is 2.46. The lowest BCUT2D eigenvalue weighted by Crippen LogP contribution is -2.56. The van der Waals surface area contributed by atoms with Gasteiger partial charge in [0.1, 0.15) is 16.9 Å². The van der Waals surface area contributed by atoms with Gasteiger partial charge in [-0.2, -0.15) is 5.26 Å². The van der Waals surface area contributed by atoms with E-state index in [2.05, 4.69) is 24.8 Å². The molecule has 106 valence electrons. The normalized spacial score (nSPS) is 29.1. The van der Waals surface area contributed by atoms with Crippen molar-refractivity contribution in [2.45, 2.75) is 31.4 Å². The van der Waals surface area contributed by atoms with Crippen LogP contribution in [0, 0.1) is 11.3 Å². The smallest absolute Gasteiger partial charge is 0.142 e. The monoisotopic (exact) mass is 272 g/mol. The van der Waals surface area contributed by atoms with Gasteiger partial charge < -0.3 is 9.47 Å². The predicted octanol–water partition coefficient (Wildman–Crippen LogP) is 2.30. The van der Waals surface area contributed by atoms with Gasteiger partial charge in [0.25, 0.3) is 0 Å². The second-order valence-electron chi connectivity index (χ2n) is 6.11. The standard InChI is InChI=1S/C16H20N2O2/c1-15(2)11-16(12-17,18-7-9-19-10-8-18)13-5-3-4-6-14(13)20-15/h3-6H,7-11H2,1-2H3. The van der Waals surface area contributed by atoms with Gasteiger partial charge in [0.15, 0.2) is 0 Å². The molecule has 0 radical (unpaired) electrons. The molecular formula is C16H20N2O2. The lowest BCUT2D eigenvalue weighted by Gasteiger charge is -2.48. The van der Waals surface area contributed by atoms with Gasteiger partial charge in [0, 0.05) is 25.1 Å². The Labute approximate surface area is 119 Å². The molecule has 0 amide bonds. The molecule has 1 aromatic carbocycles. The van der Waals surface area contributed by atoms with E-state index in [1.807, 2.05) is 24.3 Å². The fourth-order valence-electron chi connectivity index (χ4n) is 3.34. The number of benzene rings is 1. The van der Waals surface area contributed by atoms with Crippen molar-refractivity contribution >= 4 is 0 Å². The van der Waals surface area contributed by atoms with Crippen LogP contribution in [0.15, 0.2) is 24.3 Å². The maximum absolute atomic E-state index is 9.98. The van der Waals surface area contributed by atoms with Crippen LogP contribution < -0.4 is 4.74 Å². The predicted molar refractivity (Wildman–Crippen MR) is 75.4 cm³/mol. The molecule has 0 aromatic heterocycles. The molecule has 1 saturated heterocycles. The van der Waals surface area contributed by atoms with E-state index in [9.17, 15) is 5.26 Å². The number of nitrogens with zero attached hydrogens (tertiary/aromatic N) is 2. The van der Waals surface area contributed by atoms with Gasteiger partial charge in [0.2, 0.25) is 0 Å². The van der Waals surface area contributed by atoms with Gasteiger partial charge in [-0.3, -0.25) is 4.90 Å². The van der Waals surface area contributed by atoms with Crippen molar-refractivity contribution in [2.75, 3.05) is 26.3 Å². The quantitative estimate of drug-likeness (QED) is 0.787. The lowest BCUT2D eigenvalue weighted by atomic mass is 9.77. The van der Waals surface area contributed by atoms with Crippen molar-refractivity contribution in [1.82, 2.24) is 4.90 Å². The first kappa shape index (κ1) is 13.4. The maximum Gasteiger partial charge on any atom is 0.142 e. The van der Waals surface area contributed by atoms with Crippen molar-refractivity contribution in [1.29, 1.82) is 5.26 Å². The fourth-order valence-corrected chi connectivity index (χ4v) is 3.34. The van der Waals surface area contributed by atoms with Crippen LogP contribution in [-0.4, -0.2) is 36.8 Å². The van der Waals surface area contributed by atoms with Crippen LogP contribution in [0.5, 0.6) is 5.75 Å². The van der Waals surface area contributed by atoms with Gasteiger partial charge in [-0.1, -0.05) is 18.2 Å². The zero-order valence-electron chi connectivity index (χ0n) is 12.1. The second-order valence-corrected chi connectivity index (χ2v) is 6.11. The summed E-state index contributed by atoms with van der Waals surface area (Å²) in [5.41, 5.74) is 0.0357. The number of para-hydroxylation sites is 1. The number of rotatable bonds is 1. The molecule has 1 aromatic rings. The first-order valence-corrected chi connectivity index (χ1v) is 7.10. The molecule has 3 rings (SSSR count). The minimum absolute atomic E-state index is 0.345. The molecule has 1 fully saturated rings. The van der Waals surface area contributed by atoms with Crippen LogP contribution in [0.4, 0.5) is 0 Å². The number of fused-ring (bicyclic) bond motifs is 1. The highest BCUT2D eigenvalue weighted by Crippen LogP contribution is 2.46. The largest absolute Gasteiger partial charge is 0.487 e. The van der Waals surface area contributed by atoms with Crippen LogP contribution in [-0.2, 0) is 10.3 Å². The Morgan fingerprint density at radius 3 is 2.60 bits per heavy atom. The number of hydrogen-bond acceptors (Lipinski definition) is 4. The molecule has 0 saturated carbocycles. The molecule has 2 aliphatic rings. The van der Waals surface area contributed by atoms with E-state index in [-0.39, 0.29) is 5.60 Å². The highest BCUT2D eigenvalue weighted by Gasteiger charge is 2.49. The van der Waals surface area contributed by atoms with E-state index in [4.69, 9.17) is 9.47 Å². The molecule has 2 heterocycles. The lowest BCUT2D eigenvalue weighted by molar-refractivity contribution is -0.0479. The third kappa shape index (κ3) is 2.07. The highest BCUT2D eigenvalue weighted by molar-refractivity contribution is 5.46. The molecule has 1 atom stereocenters. The minimum Gasteiger partial charge on any atom is -0.487 e. The van der Waals surface area contributed by atoms with E-state index >= 15 is 0 Å². The van der Waals surface area contributed by atoms with Crippen LogP contribution >= 0.6 is 0 Å². The summed E-state index contributed by atoms with van der Waals surface area (Å²) in [5.74, 6) is 0.830. The summed E-state index contributed by atoms with van der Waals surface area (Å²) in [7, 11) is 0. The first-order chi connectivity index (χ1) is 9.57. The number of ether oxygens (including phenoxy) is 2. The van der Waals surface area contributed by atoms with Gasteiger partial charge in [-0.15, -0.1) is 0 Å². The van der Waals surface area contributed by atoms with Crippen LogP contribution in [0.25, 0.3) is 0 Å². The molecular weight excluding hydrogens is 252 g/mol. The average molecular weight is 272 g/mol. The third-order valence-electron chi connectivity index (χ3n) is 4.14. The van der Waals surface area contributed by atoms with E-state index in [0.717, 1.165) is 24.4 Å². The van der Waals surface area contributed by atoms with Gasteiger partial charge in [0.05, 0.1) is 19.3 Å². The molecule has 0 N–H and O–H groups in total. The minimum atomic E-state index is -0.609. The Morgan fingerprint density at radius 1 is 1.20 bits per heavy atom. The zero-order chi connectivity index (χ0) is 14.2. The Bertz CT molecular complexity index is 544. The van der Waals surface area contributed by atoms with E-state index in [1.165, 1.54) is 0 Å². The van der Waals surface area contributed by atoms with Crippen LogP contribution in [0.2, 0.25) is 0 Å². The summed E-state index contributed by atoms with van der Waals surface area (Å²) in [5, 5.41) is 9.98. The van der Waals surface area contributed by atoms with E-state index in [0.29, 0.717) is 19.6 Å². The van der Waals surface area contributed by atoms with E-state index in [1.54, 1.807) is 0 Å². The summed E-state index contributed by atoms with van der Waals surface area (Å²) >= 11 is 0. The van der Waals surface area contributed by atoms with Crippen LogP contribution in [0.1, 0.15) is 25.8 Å². The number of nitriles is 1. The topological polar surface area (TPSA) is 45.5 Å². The molecule has 0 aliphatic carbocycles. The van der Waals surface area contributed by atoms with Crippen molar-refractivity contribution in [3.63, 3.8) is 0 Å². The molecule has 1 unspecified atom stereocenters. The Kier molecular flexibility index (Phi) is 3.19. The Balaban J connectivity index is 2.11. The van der Waals surface area contributed by atoms with Crippen LogP contribution in [0.3, 0.4) is 0 Å². The van der Waals surface area contributed by atoms with Crippen molar-refractivity contribution < 1.29 is 9.47 Å². The summed E-state index contributed by atoms with van der Waals surface area (Å²) < 4.78 is 11.5. The molecule has 0 bridgehead atoms. The molecule has 2 aliphatic heterocycles. The number of morpholine rings is 1. The summed E-state index contributed by atoms with van der Waals surface area (Å²) in [6.45, 7) is 7.06. The maximum atomic E-state index is 9.98. The Hall–Kier alpha value is -1.57. The zero-order valence-corrected chi connectivity index (χ0v) is 12.1. The van der Waals surface area contributed by atoms with E-state index < -0.39 is 5.54 Å². The SMILES string of the molecule is CC1(C)CC(C#N)(N2CCOCC2)c2ccccc2O1. The molecule has 20 heavy (non-hydrogen) atoms. The van der Waals surface area contributed by atoms with Gasteiger partial charge in [-0.25, -0.2) is 0 Å². The van der Waals surface area contributed by atoms with Gasteiger partial charge in [-0.05, 0) is 19.9 Å². The molecule has 4 heteroatoms. The Morgan fingerprint density at radius 2 is 1.90 bits per heavy atom. The summed E-state index contributed by atoms with van der Waals surface area (Å²) in [6, 6.07) is 10.5. The second kappa shape index (κ2) is 4.76. The van der Waals surface area contributed by atoms with Gasteiger partial charge >= 0.3 is 0 Å². The summed E-state index contributed by atoms with van der Waals surface area (Å²) in [4.78, 5) is 2.25.